The number of rotatable bonds is 4. The molecule has 4 nitrogen and oxygen atoms in total. The maximum atomic E-state index is 12.3. The summed E-state index contributed by atoms with van der Waals surface area (Å²) < 4.78 is 0. The topological polar surface area (TPSA) is 45.2 Å². The van der Waals surface area contributed by atoms with Gasteiger partial charge < -0.3 is 10.2 Å². The summed E-state index contributed by atoms with van der Waals surface area (Å²) in [5.74, 6) is 0.236. The van der Waals surface area contributed by atoms with Crippen LogP contribution in [0.15, 0.2) is 47.8 Å². The molecule has 0 spiro atoms. The molecule has 27 heavy (non-hydrogen) atoms. The van der Waals surface area contributed by atoms with Gasteiger partial charge in [0.1, 0.15) is 0 Å². The number of aromatic nitrogens is 1. The van der Waals surface area contributed by atoms with E-state index in [1.54, 1.807) is 11.3 Å². The molecule has 0 radical (unpaired) electrons. The van der Waals surface area contributed by atoms with Gasteiger partial charge in [0, 0.05) is 17.5 Å². The molecule has 2 aliphatic heterocycles. The second-order valence-electron chi connectivity index (χ2n) is 7.28. The molecule has 2 aliphatic rings. The molecular formula is C22H21N3OS. The van der Waals surface area contributed by atoms with E-state index in [0.29, 0.717) is 6.42 Å². The fourth-order valence-electron chi connectivity index (χ4n) is 4.11. The average molecular weight is 375 g/mol. The number of carbonyl (C=O) groups is 1. The Hall–Kier alpha value is -2.66. The van der Waals surface area contributed by atoms with E-state index in [4.69, 9.17) is 4.98 Å². The zero-order valence-corrected chi connectivity index (χ0v) is 16.1. The first-order valence-corrected chi connectivity index (χ1v) is 10.3. The van der Waals surface area contributed by atoms with Crippen molar-refractivity contribution in [2.24, 2.45) is 0 Å². The Kier molecular flexibility index (Phi) is 3.97. The highest BCUT2D eigenvalue weighted by Gasteiger charge is 2.32. The Morgan fingerprint density at radius 2 is 2.00 bits per heavy atom. The minimum Gasteiger partial charge on any atom is -0.355 e. The van der Waals surface area contributed by atoms with Crippen molar-refractivity contribution >= 4 is 28.1 Å². The van der Waals surface area contributed by atoms with E-state index in [2.05, 4.69) is 54.0 Å². The minimum atomic E-state index is 0.206. The van der Waals surface area contributed by atoms with Crippen LogP contribution in [0.25, 0.3) is 11.3 Å². The number of hydrogen-bond donors (Lipinski definition) is 1. The summed E-state index contributed by atoms with van der Waals surface area (Å²) in [4.78, 5) is 19.0. The van der Waals surface area contributed by atoms with E-state index >= 15 is 0 Å². The molecule has 1 amide bonds. The summed E-state index contributed by atoms with van der Waals surface area (Å²) in [6, 6.07) is 15.0. The smallest absolute Gasteiger partial charge is 0.231 e. The Balaban J connectivity index is 1.42. The molecule has 2 aromatic carbocycles. The van der Waals surface area contributed by atoms with Gasteiger partial charge in [-0.15, -0.1) is 11.3 Å². The number of carbonyl (C=O) groups excluding carboxylic acids is 1. The normalized spacial score (nSPS) is 16.3. The van der Waals surface area contributed by atoms with Crippen molar-refractivity contribution in [2.45, 2.75) is 32.2 Å². The predicted molar refractivity (Wildman–Crippen MR) is 110 cm³/mol. The lowest BCUT2D eigenvalue weighted by Gasteiger charge is -2.25. The van der Waals surface area contributed by atoms with Gasteiger partial charge in [-0.2, -0.15) is 0 Å². The lowest BCUT2D eigenvalue weighted by Crippen LogP contribution is -2.31. The average Bonchev–Trinajstić information content (AvgIpc) is 3.28. The van der Waals surface area contributed by atoms with Crippen molar-refractivity contribution in [2.75, 3.05) is 16.8 Å². The van der Waals surface area contributed by atoms with Crippen molar-refractivity contribution in [1.82, 2.24) is 4.98 Å². The maximum Gasteiger partial charge on any atom is 0.231 e. The fourth-order valence-corrected chi connectivity index (χ4v) is 4.92. The second kappa shape index (κ2) is 6.50. The van der Waals surface area contributed by atoms with Crippen LogP contribution in [0.3, 0.4) is 0 Å². The fraction of sp³-hybridized carbons (Fsp3) is 0.273. The highest BCUT2D eigenvalue weighted by atomic mass is 32.1. The van der Waals surface area contributed by atoms with Gasteiger partial charge >= 0.3 is 0 Å². The number of amides is 1. The molecule has 5 heteroatoms. The van der Waals surface area contributed by atoms with E-state index in [0.717, 1.165) is 41.3 Å². The largest absolute Gasteiger partial charge is 0.355 e. The van der Waals surface area contributed by atoms with Crippen LogP contribution in [0.5, 0.6) is 0 Å². The van der Waals surface area contributed by atoms with Gasteiger partial charge in [-0.1, -0.05) is 30.3 Å². The number of anilines is 2. The highest BCUT2D eigenvalue weighted by Crippen LogP contribution is 2.40. The third kappa shape index (κ3) is 2.92. The first-order valence-electron chi connectivity index (χ1n) is 9.42. The van der Waals surface area contributed by atoms with E-state index < -0.39 is 0 Å². The van der Waals surface area contributed by atoms with Gasteiger partial charge in [-0.25, -0.2) is 4.98 Å². The van der Waals surface area contributed by atoms with Gasteiger partial charge in [0.25, 0.3) is 0 Å². The quantitative estimate of drug-likeness (QED) is 0.711. The Bertz CT molecular complexity index is 1010. The first-order chi connectivity index (χ1) is 13.2. The minimum absolute atomic E-state index is 0.206. The predicted octanol–water partition coefficient (Wildman–Crippen LogP) is 4.82. The SMILES string of the molecule is C[C@@H](Nc1nc(-c2cc3c4c(c2)CC(=O)N4CCC3)cs1)c1ccccc1. The zero-order valence-electron chi connectivity index (χ0n) is 15.2. The van der Waals surface area contributed by atoms with Crippen LogP contribution >= 0.6 is 11.3 Å². The van der Waals surface area contributed by atoms with Crippen molar-refractivity contribution in [3.8, 4) is 11.3 Å². The number of thiazole rings is 1. The lowest BCUT2D eigenvalue weighted by atomic mass is 9.96. The summed E-state index contributed by atoms with van der Waals surface area (Å²) >= 11 is 1.63. The maximum absolute atomic E-state index is 12.3. The number of nitrogens with one attached hydrogen (secondary N) is 1. The number of nitrogens with zero attached hydrogens (tertiary/aromatic N) is 2. The van der Waals surface area contributed by atoms with Crippen LogP contribution < -0.4 is 10.2 Å². The van der Waals surface area contributed by atoms with Crippen LogP contribution in [0.2, 0.25) is 0 Å². The monoisotopic (exact) mass is 375 g/mol. The summed E-state index contributed by atoms with van der Waals surface area (Å²) in [5, 5.41) is 6.53. The highest BCUT2D eigenvalue weighted by molar-refractivity contribution is 7.14. The number of aryl methyl sites for hydroxylation is 1. The molecule has 1 N–H and O–H groups in total. The third-order valence-corrected chi connectivity index (χ3v) is 6.22. The second-order valence-corrected chi connectivity index (χ2v) is 8.14. The first kappa shape index (κ1) is 16.5. The van der Waals surface area contributed by atoms with Crippen LogP contribution in [-0.2, 0) is 17.6 Å². The molecule has 5 rings (SSSR count). The molecular weight excluding hydrogens is 354 g/mol. The summed E-state index contributed by atoms with van der Waals surface area (Å²) in [7, 11) is 0. The summed E-state index contributed by atoms with van der Waals surface area (Å²) in [5.41, 5.74) is 6.97. The Morgan fingerprint density at radius 1 is 1.19 bits per heavy atom. The molecule has 0 bridgehead atoms. The number of hydrogen-bond acceptors (Lipinski definition) is 4. The third-order valence-electron chi connectivity index (χ3n) is 5.45. The molecule has 0 fully saturated rings. The van der Waals surface area contributed by atoms with Gasteiger partial charge in [-0.3, -0.25) is 4.79 Å². The van der Waals surface area contributed by atoms with E-state index in [9.17, 15) is 4.79 Å². The Labute approximate surface area is 162 Å². The van der Waals surface area contributed by atoms with Crippen molar-refractivity contribution in [1.29, 1.82) is 0 Å². The van der Waals surface area contributed by atoms with Crippen molar-refractivity contribution in [3.63, 3.8) is 0 Å². The van der Waals surface area contributed by atoms with Gasteiger partial charge in [0.15, 0.2) is 5.13 Å². The lowest BCUT2D eigenvalue weighted by molar-refractivity contribution is -0.117. The molecule has 0 unspecified atom stereocenters. The molecule has 3 heterocycles. The van der Waals surface area contributed by atoms with Crippen LogP contribution in [0.4, 0.5) is 10.8 Å². The van der Waals surface area contributed by atoms with Crippen molar-refractivity contribution in [3.05, 3.63) is 64.5 Å². The summed E-state index contributed by atoms with van der Waals surface area (Å²) in [6.45, 7) is 3.01. The van der Waals surface area contributed by atoms with Gasteiger partial charge in [0.05, 0.1) is 23.8 Å². The molecule has 1 atom stereocenters. The Morgan fingerprint density at radius 3 is 2.85 bits per heavy atom. The molecule has 1 aromatic heterocycles. The summed E-state index contributed by atoms with van der Waals surface area (Å²) in [6.07, 6.45) is 2.61. The number of benzene rings is 2. The molecule has 3 aromatic rings. The molecule has 0 saturated carbocycles. The van der Waals surface area contributed by atoms with Gasteiger partial charge in [-0.05, 0) is 48.6 Å². The van der Waals surface area contributed by atoms with Crippen molar-refractivity contribution < 1.29 is 4.79 Å². The standard InChI is InChI=1S/C22H21N3OS/c1-14(15-6-3-2-4-7-15)23-22-24-19(13-27-22)17-10-16-8-5-9-25-20(26)12-18(11-17)21(16)25/h2-4,6-7,10-11,13-14H,5,8-9,12H2,1H3,(H,23,24)/t14-/m1/s1. The van der Waals surface area contributed by atoms with Crippen LogP contribution in [-0.4, -0.2) is 17.4 Å². The zero-order chi connectivity index (χ0) is 18.4. The van der Waals surface area contributed by atoms with Crippen LogP contribution in [0.1, 0.15) is 36.1 Å². The molecule has 0 aliphatic carbocycles. The molecule has 136 valence electrons. The van der Waals surface area contributed by atoms with E-state index in [1.165, 1.54) is 16.8 Å². The van der Waals surface area contributed by atoms with Gasteiger partial charge in [0.2, 0.25) is 5.91 Å². The van der Waals surface area contributed by atoms with E-state index in [1.807, 2.05) is 11.0 Å². The van der Waals surface area contributed by atoms with Crippen LogP contribution in [0, 0.1) is 0 Å². The van der Waals surface area contributed by atoms with E-state index in [-0.39, 0.29) is 11.9 Å². The molecule has 0 saturated heterocycles.